The largest absolute Gasteiger partial charge is 0.379 e. The smallest absolute Gasteiger partial charge is 0.316 e. The SMILES string of the molecule is NC(=O)Nc1cccc(NCc2ccncn2)c1. The predicted octanol–water partition coefficient (Wildman–Crippen LogP) is 1.58. The standard InChI is InChI=1S/C12H13N5O/c13-12(18)17-10-3-1-2-9(6-10)15-7-11-4-5-14-8-16-11/h1-6,8,15H,7H2,(H3,13,17,18). The van der Waals surface area contributed by atoms with E-state index in [1.54, 1.807) is 18.3 Å². The van der Waals surface area contributed by atoms with Crippen LogP contribution in [-0.4, -0.2) is 16.0 Å². The Hall–Kier alpha value is -2.63. The molecule has 0 saturated heterocycles. The van der Waals surface area contributed by atoms with Gasteiger partial charge in [0.25, 0.3) is 0 Å². The number of nitrogens with two attached hydrogens (primary N) is 1. The quantitative estimate of drug-likeness (QED) is 0.760. The summed E-state index contributed by atoms with van der Waals surface area (Å²) in [4.78, 5) is 18.7. The fourth-order valence-corrected chi connectivity index (χ4v) is 1.46. The van der Waals surface area contributed by atoms with E-state index in [9.17, 15) is 4.79 Å². The zero-order valence-corrected chi connectivity index (χ0v) is 9.63. The molecule has 0 atom stereocenters. The van der Waals surface area contributed by atoms with Gasteiger partial charge < -0.3 is 16.4 Å². The van der Waals surface area contributed by atoms with Crippen LogP contribution in [0.5, 0.6) is 0 Å². The Kier molecular flexibility index (Phi) is 3.70. The molecule has 18 heavy (non-hydrogen) atoms. The molecule has 1 heterocycles. The van der Waals surface area contributed by atoms with E-state index in [0.29, 0.717) is 12.2 Å². The monoisotopic (exact) mass is 243 g/mol. The third-order valence-corrected chi connectivity index (χ3v) is 2.25. The first-order valence-electron chi connectivity index (χ1n) is 5.39. The van der Waals surface area contributed by atoms with Gasteiger partial charge in [-0.25, -0.2) is 14.8 Å². The van der Waals surface area contributed by atoms with Crippen LogP contribution in [0.1, 0.15) is 5.69 Å². The molecule has 0 spiro atoms. The Morgan fingerprint density at radius 3 is 2.83 bits per heavy atom. The first-order valence-corrected chi connectivity index (χ1v) is 5.39. The number of carbonyl (C=O) groups is 1. The van der Waals surface area contributed by atoms with Crippen LogP contribution in [0.25, 0.3) is 0 Å². The van der Waals surface area contributed by atoms with Crippen molar-refractivity contribution >= 4 is 17.4 Å². The van der Waals surface area contributed by atoms with Crippen LogP contribution in [0.3, 0.4) is 0 Å². The van der Waals surface area contributed by atoms with Gasteiger partial charge in [0, 0.05) is 17.6 Å². The van der Waals surface area contributed by atoms with E-state index in [1.807, 2.05) is 18.2 Å². The van der Waals surface area contributed by atoms with Gasteiger partial charge in [-0.1, -0.05) is 6.07 Å². The number of rotatable bonds is 4. The zero-order chi connectivity index (χ0) is 12.8. The Bertz CT molecular complexity index is 529. The molecule has 2 aromatic rings. The number of aromatic nitrogens is 2. The molecule has 0 bridgehead atoms. The number of carbonyl (C=O) groups excluding carboxylic acids is 1. The molecule has 0 aliphatic rings. The van der Waals surface area contributed by atoms with Gasteiger partial charge in [0.2, 0.25) is 0 Å². The van der Waals surface area contributed by atoms with Crippen molar-refractivity contribution < 1.29 is 4.79 Å². The van der Waals surface area contributed by atoms with Crippen LogP contribution in [0.4, 0.5) is 16.2 Å². The molecular weight excluding hydrogens is 230 g/mol. The number of amides is 2. The molecule has 6 heteroatoms. The first-order chi connectivity index (χ1) is 8.74. The molecule has 0 fully saturated rings. The van der Waals surface area contributed by atoms with E-state index in [4.69, 9.17) is 5.73 Å². The molecule has 0 unspecified atom stereocenters. The molecule has 2 rings (SSSR count). The molecule has 1 aromatic carbocycles. The zero-order valence-electron chi connectivity index (χ0n) is 9.63. The number of nitrogens with one attached hydrogen (secondary N) is 2. The van der Waals surface area contributed by atoms with Crippen molar-refractivity contribution in [2.45, 2.75) is 6.54 Å². The number of nitrogens with zero attached hydrogens (tertiary/aromatic N) is 2. The normalized spacial score (nSPS) is 9.78. The molecule has 0 radical (unpaired) electrons. The van der Waals surface area contributed by atoms with Gasteiger partial charge in [-0.3, -0.25) is 0 Å². The average molecular weight is 243 g/mol. The molecule has 0 saturated carbocycles. The summed E-state index contributed by atoms with van der Waals surface area (Å²) in [7, 11) is 0. The van der Waals surface area contributed by atoms with E-state index in [-0.39, 0.29) is 0 Å². The summed E-state index contributed by atoms with van der Waals surface area (Å²) < 4.78 is 0. The van der Waals surface area contributed by atoms with Gasteiger partial charge in [-0.05, 0) is 24.3 Å². The lowest BCUT2D eigenvalue weighted by Gasteiger charge is -2.08. The third-order valence-electron chi connectivity index (χ3n) is 2.25. The van der Waals surface area contributed by atoms with Gasteiger partial charge in [-0.2, -0.15) is 0 Å². The van der Waals surface area contributed by atoms with E-state index >= 15 is 0 Å². The van der Waals surface area contributed by atoms with Crippen molar-refractivity contribution in [2.24, 2.45) is 5.73 Å². The second-order valence-electron chi connectivity index (χ2n) is 3.62. The minimum Gasteiger partial charge on any atom is -0.379 e. The van der Waals surface area contributed by atoms with Crippen LogP contribution in [0.15, 0.2) is 42.9 Å². The number of primary amides is 1. The lowest BCUT2D eigenvalue weighted by molar-refractivity contribution is 0.259. The van der Waals surface area contributed by atoms with Crippen molar-refractivity contribution in [1.29, 1.82) is 0 Å². The highest BCUT2D eigenvalue weighted by Gasteiger charge is 1.98. The second-order valence-corrected chi connectivity index (χ2v) is 3.62. The minimum atomic E-state index is -0.581. The fraction of sp³-hybridized carbons (Fsp3) is 0.0833. The maximum atomic E-state index is 10.7. The van der Waals surface area contributed by atoms with Crippen molar-refractivity contribution in [3.05, 3.63) is 48.5 Å². The van der Waals surface area contributed by atoms with Crippen molar-refractivity contribution in [2.75, 3.05) is 10.6 Å². The highest BCUT2D eigenvalue weighted by molar-refractivity contribution is 5.88. The van der Waals surface area contributed by atoms with Crippen molar-refractivity contribution in [3.63, 3.8) is 0 Å². The van der Waals surface area contributed by atoms with Crippen molar-refractivity contribution in [3.8, 4) is 0 Å². The lowest BCUT2D eigenvalue weighted by Crippen LogP contribution is -2.19. The van der Waals surface area contributed by atoms with Crippen LogP contribution in [-0.2, 0) is 6.54 Å². The molecule has 2 amide bonds. The van der Waals surface area contributed by atoms with Gasteiger partial charge in [0.05, 0.1) is 12.2 Å². The van der Waals surface area contributed by atoms with Gasteiger partial charge in [-0.15, -0.1) is 0 Å². The van der Waals surface area contributed by atoms with Gasteiger partial charge in [0.15, 0.2) is 0 Å². The topological polar surface area (TPSA) is 92.9 Å². The summed E-state index contributed by atoms with van der Waals surface area (Å²) in [6.07, 6.45) is 3.19. The lowest BCUT2D eigenvalue weighted by atomic mass is 10.2. The van der Waals surface area contributed by atoms with Crippen LogP contribution >= 0.6 is 0 Å². The summed E-state index contributed by atoms with van der Waals surface area (Å²) >= 11 is 0. The molecular formula is C12H13N5O. The molecule has 1 aromatic heterocycles. The number of hydrogen-bond acceptors (Lipinski definition) is 4. The van der Waals surface area contributed by atoms with E-state index in [2.05, 4.69) is 20.6 Å². The summed E-state index contributed by atoms with van der Waals surface area (Å²) in [5.74, 6) is 0. The summed E-state index contributed by atoms with van der Waals surface area (Å²) in [5, 5.41) is 5.71. The fourth-order valence-electron chi connectivity index (χ4n) is 1.46. The van der Waals surface area contributed by atoms with Crippen LogP contribution < -0.4 is 16.4 Å². The molecule has 6 nitrogen and oxygen atoms in total. The minimum absolute atomic E-state index is 0.581. The predicted molar refractivity (Wildman–Crippen MR) is 69.0 cm³/mol. The second kappa shape index (κ2) is 5.62. The number of benzene rings is 1. The summed E-state index contributed by atoms with van der Waals surface area (Å²) in [6.45, 7) is 0.586. The highest BCUT2D eigenvalue weighted by atomic mass is 16.2. The first kappa shape index (κ1) is 11.8. The average Bonchev–Trinajstić information content (AvgIpc) is 2.37. The van der Waals surface area contributed by atoms with Gasteiger partial charge in [0.1, 0.15) is 6.33 Å². The molecule has 0 aliphatic heterocycles. The highest BCUT2D eigenvalue weighted by Crippen LogP contribution is 2.15. The molecule has 92 valence electrons. The van der Waals surface area contributed by atoms with Crippen LogP contribution in [0, 0.1) is 0 Å². The number of anilines is 2. The van der Waals surface area contributed by atoms with Crippen LogP contribution in [0.2, 0.25) is 0 Å². The molecule has 4 N–H and O–H groups in total. The third kappa shape index (κ3) is 3.44. The Morgan fingerprint density at radius 2 is 2.11 bits per heavy atom. The van der Waals surface area contributed by atoms with Crippen molar-refractivity contribution in [1.82, 2.24) is 9.97 Å². The van der Waals surface area contributed by atoms with Gasteiger partial charge >= 0.3 is 6.03 Å². The van der Waals surface area contributed by atoms with E-state index in [1.165, 1.54) is 6.33 Å². The Morgan fingerprint density at radius 1 is 1.28 bits per heavy atom. The molecule has 0 aliphatic carbocycles. The maximum Gasteiger partial charge on any atom is 0.316 e. The van der Waals surface area contributed by atoms with E-state index < -0.39 is 6.03 Å². The maximum absolute atomic E-state index is 10.7. The number of hydrogen-bond donors (Lipinski definition) is 3. The number of urea groups is 1. The summed E-state index contributed by atoms with van der Waals surface area (Å²) in [6, 6.07) is 8.54. The Balaban J connectivity index is 1.99. The Labute approximate surface area is 104 Å². The van der Waals surface area contributed by atoms with E-state index in [0.717, 1.165) is 11.4 Å². The summed E-state index contributed by atoms with van der Waals surface area (Å²) in [5.41, 5.74) is 7.46.